The van der Waals surface area contributed by atoms with Crippen LogP contribution in [0.5, 0.6) is 0 Å². The van der Waals surface area contributed by atoms with Crippen LogP contribution in [0.25, 0.3) is 33.4 Å². The van der Waals surface area contributed by atoms with Gasteiger partial charge in [-0.2, -0.15) is 0 Å². The van der Waals surface area contributed by atoms with E-state index in [1.54, 1.807) is 0 Å². The standard InChI is InChI=1S/C52H59N5/c1-2-40-43(32-36-21-16-28-47(49(36)40)57-45-26-14-12-24-41(45)42-25-13-15-27-46(42)57)48-33-38-31-37(29-30-44(38)56(48)39-22-10-5-11-23-39)52-54-50(34-17-6-3-7-18-34)53-51(55-52)35-19-8-4-9-20-35/h2,12,14,16,21,24,26,28-31,33-35,39,42,46H,1,3-11,13,15,17-20,22-23,25,27,32H2/i1D,2D,3D,4D,5D,6D,7D,8D,9D,10D,12D,13D,14D,15D,16D,17D,18D,19D,20D,21D,23D,24D,25D,27D,28D,29D,30D,31D. The predicted octanol–water partition coefficient (Wildman–Crippen LogP) is 13.9. The van der Waals surface area contributed by atoms with Crippen molar-refractivity contribution in [2.75, 3.05) is 4.90 Å². The molecule has 57 heavy (non-hydrogen) atoms. The van der Waals surface area contributed by atoms with Gasteiger partial charge in [0.05, 0.1) is 15.1 Å². The lowest BCUT2D eigenvalue weighted by Gasteiger charge is -2.35. The summed E-state index contributed by atoms with van der Waals surface area (Å²) in [7, 11) is 0. The van der Waals surface area contributed by atoms with Gasteiger partial charge in [-0.05, 0) is 110 Å². The molecule has 0 bridgehead atoms. The van der Waals surface area contributed by atoms with Gasteiger partial charge in [0.15, 0.2) is 5.82 Å². The molecule has 11 rings (SSSR count). The monoisotopic (exact) mass is 782 g/mol. The van der Waals surface area contributed by atoms with E-state index in [0.29, 0.717) is 6.55 Å². The highest BCUT2D eigenvalue weighted by molar-refractivity contribution is 6.06. The Morgan fingerprint density at radius 1 is 0.772 bits per heavy atom. The maximum atomic E-state index is 10.1. The van der Waals surface area contributed by atoms with Crippen molar-refractivity contribution < 1.29 is 38.4 Å². The largest absolute Gasteiger partial charge is 0.338 e. The van der Waals surface area contributed by atoms with Crippen LogP contribution in [0.3, 0.4) is 0 Å². The van der Waals surface area contributed by atoms with Gasteiger partial charge in [-0.15, -0.1) is 0 Å². The molecular weight excluding hydrogens is 695 g/mol. The molecule has 2 aromatic heterocycles. The fourth-order valence-corrected chi connectivity index (χ4v) is 8.91. The molecule has 0 radical (unpaired) electrons. The van der Waals surface area contributed by atoms with Gasteiger partial charge in [0.1, 0.15) is 11.6 Å². The number of rotatable bonds is 7. The molecule has 18 atom stereocenters. The van der Waals surface area contributed by atoms with Crippen molar-refractivity contribution in [3.63, 3.8) is 0 Å². The zero-order chi connectivity index (χ0) is 62.1. The van der Waals surface area contributed by atoms with Crippen molar-refractivity contribution in [2.45, 2.75) is 158 Å². The molecule has 0 spiro atoms. The van der Waals surface area contributed by atoms with Gasteiger partial charge in [0, 0.05) is 98.7 Å². The number of hydrogen-bond donors (Lipinski definition) is 0. The van der Waals surface area contributed by atoms with Gasteiger partial charge in [-0.3, -0.25) is 0 Å². The zero-order valence-corrected chi connectivity index (χ0v) is 30.8. The van der Waals surface area contributed by atoms with Gasteiger partial charge >= 0.3 is 0 Å². The Hall–Kier alpha value is -4.51. The first-order valence-corrected chi connectivity index (χ1v) is 19.3. The van der Waals surface area contributed by atoms with Crippen LogP contribution in [0.1, 0.15) is 218 Å². The van der Waals surface area contributed by atoms with E-state index in [0.717, 1.165) is 0 Å². The normalized spacial score (nSPS) is 55.4. The number of benzene rings is 3. The zero-order valence-electron chi connectivity index (χ0n) is 58.8. The maximum absolute atomic E-state index is 10.1. The van der Waals surface area contributed by atoms with E-state index < -0.39 is 228 Å². The molecule has 6 aliphatic rings. The third-order valence-electron chi connectivity index (χ3n) is 11.5. The first-order valence-electron chi connectivity index (χ1n) is 34.7. The van der Waals surface area contributed by atoms with Crippen LogP contribution in [-0.4, -0.2) is 25.6 Å². The highest BCUT2D eigenvalue weighted by atomic mass is 15.2. The Balaban J connectivity index is 1.20. The van der Waals surface area contributed by atoms with E-state index in [-0.39, 0.29) is 68.6 Å². The molecule has 1 aliphatic heterocycles. The molecule has 3 aromatic carbocycles. The number of para-hydroxylation sites is 1. The SMILES string of the molecule is [2H]C=C([2H])C1=C(c2cc3c([2H])c(-c4nc(C5C([2H])C([2H])C([2H])C([2H])C5[2H])nc(C5C([2H])C([2H])C([2H])C([2H])C5[2H])n4)c([2H])c([2H])c3n2C2CC([2H])C([2H])CC2[2H])Cc2c([2H])c([2H])c([2H])c(N3c4cc([2H])c([2H])c([2H])c4C4C([2H])C([2H])C([2H])C([2H])C43)c21. The van der Waals surface area contributed by atoms with Crippen molar-refractivity contribution in [2.24, 2.45) is 0 Å². The van der Waals surface area contributed by atoms with E-state index in [1.807, 2.05) is 0 Å². The highest BCUT2D eigenvalue weighted by Crippen LogP contribution is 2.55. The molecule has 5 aliphatic carbocycles. The van der Waals surface area contributed by atoms with Gasteiger partial charge < -0.3 is 9.47 Å². The molecule has 5 nitrogen and oxygen atoms in total. The lowest BCUT2D eigenvalue weighted by molar-refractivity contribution is 0.359. The van der Waals surface area contributed by atoms with Gasteiger partial charge in [-0.25, -0.2) is 15.0 Å². The van der Waals surface area contributed by atoms with Crippen LogP contribution in [0.15, 0.2) is 79.1 Å². The lowest BCUT2D eigenvalue weighted by Crippen LogP contribution is -2.33. The molecule has 18 unspecified atom stereocenters. The van der Waals surface area contributed by atoms with E-state index >= 15 is 0 Å². The second kappa shape index (κ2) is 15.0. The molecule has 0 saturated heterocycles. The third-order valence-corrected chi connectivity index (χ3v) is 11.5. The number of hydrogen-bond acceptors (Lipinski definition) is 4. The van der Waals surface area contributed by atoms with E-state index in [2.05, 4.69) is 15.0 Å². The molecule has 4 fully saturated rings. The number of anilines is 2. The van der Waals surface area contributed by atoms with Gasteiger partial charge in [0.25, 0.3) is 0 Å². The van der Waals surface area contributed by atoms with Crippen LogP contribution in [0, 0.1) is 0 Å². The summed E-state index contributed by atoms with van der Waals surface area (Å²) in [4.78, 5) is 15.0. The smallest absolute Gasteiger partial charge is 0.163 e. The maximum Gasteiger partial charge on any atom is 0.163 e. The average Bonchev–Trinajstić information content (AvgIpc) is 1.62. The Bertz CT molecular complexity index is 3530. The van der Waals surface area contributed by atoms with Gasteiger partial charge in [0.2, 0.25) is 0 Å². The third kappa shape index (κ3) is 6.21. The number of nitrogens with zero attached hydrogens (tertiary/aromatic N) is 5. The summed E-state index contributed by atoms with van der Waals surface area (Å²) in [5, 5.41) is -0.150. The summed E-state index contributed by atoms with van der Waals surface area (Å²) in [5.41, 5.74) is -1.21. The summed E-state index contributed by atoms with van der Waals surface area (Å²) in [6.07, 6.45) is -25.8. The molecule has 292 valence electrons. The lowest BCUT2D eigenvalue weighted by atomic mass is 9.82. The summed E-state index contributed by atoms with van der Waals surface area (Å²) in [6, 6.07) is -5.71. The van der Waals surface area contributed by atoms with Crippen molar-refractivity contribution >= 4 is 33.4 Å². The molecule has 3 heterocycles. The van der Waals surface area contributed by atoms with Crippen molar-refractivity contribution in [1.29, 1.82) is 0 Å². The first kappa shape index (κ1) is 17.0. The number of allylic oxidation sites excluding steroid dienone is 3. The quantitative estimate of drug-likeness (QED) is 0.165. The van der Waals surface area contributed by atoms with Crippen molar-refractivity contribution in [3.8, 4) is 11.4 Å². The summed E-state index contributed by atoms with van der Waals surface area (Å²) in [5.74, 6) is -5.70. The summed E-state index contributed by atoms with van der Waals surface area (Å²) >= 11 is 0. The van der Waals surface area contributed by atoms with Crippen LogP contribution >= 0.6 is 0 Å². The average molecular weight is 782 g/mol. The second-order valence-electron chi connectivity index (χ2n) is 14.8. The fourth-order valence-electron chi connectivity index (χ4n) is 8.91. The second-order valence-corrected chi connectivity index (χ2v) is 14.8. The summed E-state index contributed by atoms with van der Waals surface area (Å²) in [6.45, 7) is 0.662. The minimum absolute atomic E-state index is 0.00378. The van der Waals surface area contributed by atoms with E-state index in [4.69, 9.17) is 24.7 Å². The van der Waals surface area contributed by atoms with Crippen molar-refractivity contribution in [1.82, 2.24) is 19.5 Å². The molecule has 0 N–H and O–H groups in total. The molecule has 5 aromatic rings. The molecule has 4 saturated carbocycles. The van der Waals surface area contributed by atoms with Crippen molar-refractivity contribution in [3.05, 3.63) is 113 Å². The van der Waals surface area contributed by atoms with Crippen LogP contribution in [0.2, 0.25) is 0 Å². The topological polar surface area (TPSA) is 46.8 Å². The van der Waals surface area contributed by atoms with Crippen LogP contribution in [0.4, 0.5) is 11.4 Å². The van der Waals surface area contributed by atoms with Crippen LogP contribution < -0.4 is 4.90 Å². The Kier molecular flexibility index (Phi) is 4.48. The highest BCUT2D eigenvalue weighted by Gasteiger charge is 2.42. The fraction of sp³-hybridized carbons (Fsp3) is 0.481. The van der Waals surface area contributed by atoms with Crippen LogP contribution in [-0.2, 0) is 6.42 Å². The Labute approximate surface area is 379 Å². The molecule has 0 amide bonds. The Morgan fingerprint density at radius 2 is 1.56 bits per heavy atom. The molecule has 5 heteroatoms. The first-order chi connectivity index (χ1) is 39.9. The van der Waals surface area contributed by atoms with E-state index in [1.165, 1.54) is 21.6 Å². The number of aromatic nitrogens is 4. The minimum atomic E-state index is -1.61. The molecular formula is C52H59N5. The summed E-state index contributed by atoms with van der Waals surface area (Å²) < 4.78 is 256. The van der Waals surface area contributed by atoms with Gasteiger partial charge in [-0.1, -0.05) is 113 Å². The minimum Gasteiger partial charge on any atom is -0.338 e. The Morgan fingerprint density at radius 3 is 2.37 bits per heavy atom. The number of fused-ring (bicyclic) bond motifs is 5. The van der Waals surface area contributed by atoms with E-state index in [9.17, 15) is 13.7 Å². The predicted molar refractivity (Wildman–Crippen MR) is 235 cm³/mol.